The number of nitrogens with one attached hydrogen (secondary N) is 1. The van der Waals surface area contributed by atoms with Crippen LogP contribution in [0.15, 0.2) is 0 Å². The minimum atomic E-state index is -0.328. The smallest absolute Gasteiger partial charge is 0.257 e. The molecular formula is C13H20N4O2. The first-order valence-corrected chi connectivity index (χ1v) is 6.53. The van der Waals surface area contributed by atoms with E-state index in [1.807, 2.05) is 13.8 Å². The van der Waals surface area contributed by atoms with Crippen LogP contribution in [0.2, 0.25) is 0 Å². The number of hydrogen-bond donors (Lipinski definition) is 2. The van der Waals surface area contributed by atoms with Crippen LogP contribution in [0.3, 0.4) is 0 Å². The third kappa shape index (κ3) is 2.47. The Bertz CT molecular complexity index is 489. The fourth-order valence-electron chi connectivity index (χ4n) is 2.63. The van der Waals surface area contributed by atoms with E-state index in [9.17, 15) is 9.59 Å². The van der Waals surface area contributed by atoms with Crippen molar-refractivity contribution < 1.29 is 9.59 Å². The van der Waals surface area contributed by atoms with Gasteiger partial charge in [-0.05, 0) is 33.6 Å². The number of aryl methyl sites for hydroxylation is 2. The number of hydrogen-bond acceptors (Lipinski definition) is 3. The topological polar surface area (TPSA) is 92.1 Å². The minimum Gasteiger partial charge on any atom is -0.369 e. The number of aromatic nitrogens is 2. The van der Waals surface area contributed by atoms with Gasteiger partial charge in [0.15, 0.2) is 0 Å². The number of amides is 2. The van der Waals surface area contributed by atoms with Crippen LogP contribution >= 0.6 is 0 Å². The number of carbonyl (C=O) groups is 2. The molecule has 19 heavy (non-hydrogen) atoms. The second kappa shape index (κ2) is 5.03. The van der Waals surface area contributed by atoms with Crippen LogP contribution in [0.4, 0.5) is 0 Å². The summed E-state index contributed by atoms with van der Waals surface area (Å²) in [4.78, 5) is 25.7. The number of aromatic amines is 1. The van der Waals surface area contributed by atoms with Gasteiger partial charge in [0.25, 0.3) is 5.91 Å². The summed E-state index contributed by atoms with van der Waals surface area (Å²) < 4.78 is 0. The maximum absolute atomic E-state index is 12.6. The van der Waals surface area contributed by atoms with E-state index < -0.39 is 0 Å². The molecule has 2 amide bonds. The normalized spacial score (nSPS) is 23.4. The summed E-state index contributed by atoms with van der Waals surface area (Å²) in [5.41, 5.74) is 7.42. The number of likely N-dealkylation sites (tertiary alicyclic amines) is 1. The van der Waals surface area contributed by atoms with Gasteiger partial charge in [-0.1, -0.05) is 0 Å². The first-order valence-electron chi connectivity index (χ1n) is 6.53. The second-order valence-corrected chi connectivity index (χ2v) is 5.29. The first kappa shape index (κ1) is 13.6. The van der Waals surface area contributed by atoms with Crippen LogP contribution in [-0.2, 0) is 4.79 Å². The monoisotopic (exact) mass is 264 g/mol. The molecule has 1 saturated heterocycles. The molecule has 1 aromatic heterocycles. The third-order valence-electron chi connectivity index (χ3n) is 3.89. The van der Waals surface area contributed by atoms with Gasteiger partial charge in [0.2, 0.25) is 5.91 Å². The number of rotatable bonds is 2. The summed E-state index contributed by atoms with van der Waals surface area (Å²) in [6.45, 7) is 6.03. The van der Waals surface area contributed by atoms with E-state index in [-0.39, 0.29) is 23.8 Å². The zero-order valence-corrected chi connectivity index (χ0v) is 11.6. The summed E-state index contributed by atoms with van der Waals surface area (Å²) in [5.74, 6) is -0.639. The molecule has 1 aliphatic heterocycles. The van der Waals surface area contributed by atoms with Gasteiger partial charge in [0.05, 0.1) is 17.2 Å². The molecule has 0 aliphatic carbocycles. The van der Waals surface area contributed by atoms with E-state index in [0.717, 1.165) is 18.5 Å². The van der Waals surface area contributed by atoms with Gasteiger partial charge in [-0.2, -0.15) is 5.10 Å². The summed E-state index contributed by atoms with van der Waals surface area (Å²) in [6, 6.07) is 0.122. The maximum atomic E-state index is 12.6. The highest BCUT2D eigenvalue weighted by atomic mass is 16.2. The van der Waals surface area contributed by atoms with Crippen molar-refractivity contribution in [2.75, 3.05) is 6.54 Å². The van der Waals surface area contributed by atoms with Crippen LogP contribution < -0.4 is 5.73 Å². The molecule has 2 rings (SSSR count). The number of nitrogens with two attached hydrogens (primary N) is 1. The maximum Gasteiger partial charge on any atom is 0.257 e. The summed E-state index contributed by atoms with van der Waals surface area (Å²) in [7, 11) is 0. The Morgan fingerprint density at radius 1 is 1.37 bits per heavy atom. The van der Waals surface area contributed by atoms with Crippen LogP contribution in [0.25, 0.3) is 0 Å². The van der Waals surface area contributed by atoms with Crippen LogP contribution in [0, 0.1) is 19.8 Å². The lowest BCUT2D eigenvalue weighted by Crippen LogP contribution is -2.48. The Morgan fingerprint density at radius 3 is 2.58 bits per heavy atom. The first-order chi connectivity index (χ1) is 8.91. The molecular weight excluding hydrogens is 244 g/mol. The largest absolute Gasteiger partial charge is 0.369 e. The van der Waals surface area contributed by atoms with Gasteiger partial charge >= 0.3 is 0 Å². The highest BCUT2D eigenvalue weighted by Gasteiger charge is 2.33. The number of H-pyrrole nitrogens is 1. The molecule has 0 saturated carbocycles. The molecule has 0 radical (unpaired) electrons. The Labute approximate surface area is 112 Å². The Hall–Kier alpha value is -1.85. The van der Waals surface area contributed by atoms with Crippen molar-refractivity contribution in [2.24, 2.45) is 11.7 Å². The lowest BCUT2D eigenvalue weighted by Gasteiger charge is -2.37. The molecule has 1 aliphatic rings. The van der Waals surface area contributed by atoms with E-state index in [1.165, 1.54) is 0 Å². The van der Waals surface area contributed by atoms with Gasteiger partial charge < -0.3 is 10.6 Å². The Balaban J connectivity index is 2.24. The van der Waals surface area contributed by atoms with Crippen LogP contribution in [0.1, 0.15) is 41.5 Å². The van der Waals surface area contributed by atoms with Crippen molar-refractivity contribution >= 4 is 11.8 Å². The number of primary amides is 1. The minimum absolute atomic E-state index is 0.0674. The van der Waals surface area contributed by atoms with Gasteiger partial charge in [0, 0.05) is 18.3 Å². The Morgan fingerprint density at radius 2 is 2.05 bits per heavy atom. The lowest BCUT2D eigenvalue weighted by molar-refractivity contribution is -0.123. The highest BCUT2D eigenvalue weighted by Crippen LogP contribution is 2.24. The van der Waals surface area contributed by atoms with Crippen LogP contribution in [0.5, 0.6) is 0 Å². The fourth-order valence-corrected chi connectivity index (χ4v) is 2.63. The van der Waals surface area contributed by atoms with Crippen molar-refractivity contribution in [1.29, 1.82) is 0 Å². The van der Waals surface area contributed by atoms with Gasteiger partial charge in [-0.3, -0.25) is 14.7 Å². The molecule has 1 aromatic rings. The second-order valence-electron chi connectivity index (χ2n) is 5.29. The lowest BCUT2D eigenvalue weighted by atomic mass is 9.92. The number of carbonyl (C=O) groups excluding carboxylic acids is 2. The molecule has 6 nitrogen and oxygen atoms in total. The summed E-state index contributed by atoms with van der Waals surface area (Å²) >= 11 is 0. The molecule has 2 unspecified atom stereocenters. The van der Waals surface area contributed by atoms with Crippen LogP contribution in [-0.4, -0.2) is 39.5 Å². The van der Waals surface area contributed by atoms with Crippen molar-refractivity contribution in [3.63, 3.8) is 0 Å². The zero-order chi connectivity index (χ0) is 14.2. The van der Waals surface area contributed by atoms with Crippen molar-refractivity contribution in [1.82, 2.24) is 15.1 Å². The predicted octanol–water partition coefficient (Wildman–Crippen LogP) is 0.753. The quantitative estimate of drug-likeness (QED) is 0.825. The van der Waals surface area contributed by atoms with E-state index in [2.05, 4.69) is 10.2 Å². The Kier molecular flexibility index (Phi) is 3.59. The SMILES string of the molecule is Cc1n[nH]c(C)c1C(=O)N1CC(C(N)=O)CCC1C. The predicted molar refractivity (Wildman–Crippen MR) is 70.5 cm³/mol. The van der Waals surface area contributed by atoms with E-state index >= 15 is 0 Å². The molecule has 2 heterocycles. The highest BCUT2D eigenvalue weighted by molar-refractivity contribution is 5.97. The standard InChI is InChI=1S/C13H20N4O2/c1-7-4-5-10(12(14)18)6-17(7)13(19)11-8(2)15-16-9(11)3/h7,10H,4-6H2,1-3H3,(H2,14,18)(H,15,16). The fraction of sp³-hybridized carbons (Fsp3) is 0.615. The third-order valence-corrected chi connectivity index (χ3v) is 3.89. The van der Waals surface area contributed by atoms with Gasteiger partial charge in [-0.25, -0.2) is 0 Å². The van der Waals surface area contributed by atoms with Gasteiger partial charge in [-0.15, -0.1) is 0 Å². The molecule has 104 valence electrons. The molecule has 0 spiro atoms. The van der Waals surface area contributed by atoms with E-state index in [0.29, 0.717) is 17.8 Å². The molecule has 2 atom stereocenters. The van der Waals surface area contributed by atoms with Gasteiger partial charge in [0.1, 0.15) is 0 Å². The van der Waals surface area contributed by atoms with E-state index in [1.54, 1.807) is 11.8 Å². The average Bonchev–Trinajstić information content (AvgIpc) is 2.68. The molecule has 0 bridgehead atoms. The number of piperidine rings is 1. The average molecular weight is 264 g/mol. The molecule has 0 aromatic carbocycles. The van der Waals surface area contributed by atoms with Crippen molar-refractivity contribution in [3.05, 3.63) is 17.0 Å². The van der Waals surface area contributed by atoms with Crippen molar-refractivity contribution in [2.45, 2.75) is 39.7 Å². The number of nitrogens with zero attached hydrogens (tertiary/aromatic N) is 2. The van der Waals surface area contributed by atoms with E-state index in [4.69, 9.17) is 5.73 Å². The zero-order valence-electron chi connectivity index (χ0n) is 11.6. The molecule has 6 heteroatoms. The summed E-state index contributed by atoms with van der Waals surface area (Å²) in [5, 5.41) is 6.86. The van der Waals surface area contributed by atoms with Crippen molar-refractivity contribution in [3.8, 4) is 0 Å². The molecule has 1 fully saturated rings. The molecule has 3 N–H and O–H groups in total. The summed E-state index contributed by atoms with van der Waals surface area (Å²) in [6.07, 6.45) is 1.55.